The van der Waals surface area contributed by atoms with E-state index in [-0.39, 0.29) is 11.9 Å². The Balaban J connectivity index is 1.44. The Labute approximate surface area is 176 Å². The number of benzene rings is 2. The molecule has 1 fully saturated rings. The lowest BCUT2D eigenvalue weighted by Gasteiger charge is -2.35. The van der Waals surface area contributed by atoms with E-state index >= 15 is 0 Å². The van der Waals surface area contributed by atoms with Crippen molar-refractivity contribution in [2.75, 3.05) is 13.1 Å². The van der Waals surface area contributed by atoms with Gasteiger partial charge in [0.1, 0.15) is 0 Å². The molecule has 4 rings (SSSR count). The highest BCUT2D eigenvalue weighted by Crippen LogP contribution is 2.25. The SMILES string of the molecule is O=C(c1ccccc1)N1CCC(NC(c2ccc(Cl)cc2)c2cccnc2)CC1. The van der Waals surface area contributed by atoms with Crippen molar-refractivity contribution in [3.05, 3.63) is 101 Å². The van der Waals surface area contributed by atoms with Crippen LogP contribution in [-0.4, -0.2) is 34.9 Å². The zero-order chi connectivity index (χ0) is 20.1. The maximum atomic E-state index is 12.7. The van der Waals surface area contributed by atoms with E-state index in [1.165, 1.54) is 0 Å². The summed E-state index contributed by atoms with van der Waals surface area (Å²) < 4.78 is 0. The summed E-state index contributed by atoms with van der Waals surface area (Å²) >= 11 is 6.08. The van der Waals surface area contributed by atoms with Crippen molar-refractivity contribution >= 4 is 17.5 Å². The summed E-state index contributed by atoms with van der Waals surface area (Å²) in [6, 6.07) is 21.9. The number of hydrogen-bond acceptors (Lipinski definition) is 3. The predicted molar refractivity (Wildman–Crippen MR) is 116 cm³/mol. The average Bonchev–Trinajstić information content (AvgIpc) is 2.79. The first kappa shape index (κ1) is 19.6. The fourth-order valence-electron chi connectivity index (χ4n) is 3.84. The van der Waals surface area contributed by atoms with Crippen molar-refractivity contribution < 1.29 is 4.79 Å². The zero-order valence-corrected chi connectivity index (χ0v) is 16.9. The van der Waals surface area contributed by atoms with Crippen LogP contribution in [0.15, 0.2) is 79.1 Å². The molecule has 1 aliphatic heterocycles. The summed E-state index contributed by atoms with van der Waals surface area (Å²) in [5, 5.41) is 4.51. The van der Waals surface area contributed by atoms with Crippen LogP contribution in [0.25, 0.3) is 0 Å². The summed E-state index contributed by atoms with van der Waals surface area (Å²) in [4.78, 5) is 18.9. The smallest absolute Gasteiger partial charge is 0.253 e. The molecule has 1 unspecified atom stereocenters. The lowest BCUT2D eigenvalue weighted by atomic mass is 9.96. The molecule has 1 saturated heterocycles. The Kier molecular flexibility index (Phi) is 6.23. The molecular weight excluding hydrogens is 382 g/mol. The van der Waals surface area contributed by atoms with E-state index in [4.69, 9.17) is 11.6 Å². The third kappa shape index (κ3) is 4.84. The molecule has 0 bridgehead atoms. The molecule has 1 atom stereocenters. The molecule has 0 aliphatic carbocycles. The Morgan fingerprint density at radius 3 is 2.34 bits per heavy atom. The van der Waals surface area contributed by atoms with Crippen molar-refractivity contribution in [3.8, 4) is 0 Å². The van der Waals surface area contributed by atoms with Crippen LogP contribution in [0.4, 0.5) is 0 Å². The molecule has 2 heterocycles. The first-order valence-corrected chi connectivity index (χ1v) is 10.3. The van der Waals surface area contributed by atoms with E-state index in [2.05, 4.69) is 28.5 Å². The maximum Gasteiger partial charge on any atom is 0.253 e. The van der Waals surface area contributed by atoms with Gasteiger partial charge >= 0.3 is 0 Å². The Bertz CT molecular complexity index is 923. The zero-order valence-electron chi connectivity index (χ0n) is 16.2. The average molecular weight is 406 g/mol. The minimum atomic E-state index is 0.0438. The third-order valence-electron chi connectivity index (χ3n) is 5.43. The minimum Gasteiger partial charge on any atom is -0.339 e. The summed E-state index contributed by atoms with van der Waals surface area (Å²) in [6.45, 7) is 1.51. The van der Waals surface area contributed by atoms with Crippen molar-refractivity contribution in [2.45, 2.75) is 24.9 Å². The molecular formula is C24H24ClN3O. The van der Waals surface area contributed by atoms with Crippen LogP contribution >= 0.6 is 11.6 Å². The van der Waals surface area contributed by atoms with Crippen molar-refractivity contribution in [1.29, 1.82) is 0 Å². The summed E-state index contributed by atoms with van der Waals surface area (Å²) in [7, 11) is 0. The second-order valence-electron chi connectivity index (χ2n) is 7.37. The van der Waals surface area contributed by atoms with Gasteiger partial charge in [-0.05, 0) is 54.3 Å². The molecule has 0 spiro atoms. The van der Waals surface area contributed by atoms with E-state index in [0.29, 0.717) is 6.04 Å². The normalized spacial score (nSPS) is 15.8. The number of carbonyl (C=O) groups is 1. The van der Waals surface area contributed by atoms with Crippen LogP contribution < -0.4 is 5.32 Å². The van der Waals surface area contributed by atoms with Crippen LogP contribution in [0, 0.1) is 0 Å². The highest BCUT2D eigenvalue weighted by molar-refractivity contribution is 6.30. The van der Waals surface area contributed by atoms with Crippen molar-refractivity contribution in [2.24, 2.45) is 0 Å². The molecule has 0 saturated carbocycles. The van der Waals surface area contributed by atoms with Gasteiger partial charge in [0.15, 0.2) is 0 Å². The first-order valence-electron chi connectivity index (χ1n) is 9.96. The van der Waals surface area contributed by atoms with Gasteiger partial charge in [-0.3, -0.25) is 9.78 Å². The van der Waals surface area contributed by atoms with Gasteiger partial charge in [0.25, 0.3) is 5.91 Å². The largest absolute Gasteiger partial charge is 0.339 e. The van der Waals surface area contributed by atoms with Gasteiger partial charge in [0.05, 0.1) is 6.04 Å². The number of hydrogen-bond donors (Lipinski definition) is 1. The van der Waals surface area contributed by atoms with Crippen molar-refractivity contribution in [3.63, 3.8) is 0 Å². The highest BCUT2D eigenvalue weighted by Gasteiger charge is 2.26. The van der Waals surface area contributed by atoms with Gasteiger partial charge in [-0.2, -0.15) is 0 Å². The number of halogens is 1. The molecule has 1 aliphatic rings. The van der Waals surface area contributed by atoms with Crippen LogP contribution in [0.3, 0.4) is 0 Å². The van der Waals surface area contributed by atoms with E-state index in [9.17, 15) is 4.79 Å². The standard InChI is InChI=1S/C24H24ClN3O/c25-21-10-8-18(9-11-21)23(20-7-4-14-26-17-20)27-22-12-15-28(16-13-22)24(29)19-5-2-1-3-6-19/h1-11,14,17,22-23,27H,12-13,15-16H2. The van der Waals surface area contributed by atoms with Crippen LogP contribution in [0.2, 0.25) is 5.02 Å². The Morgan fingerprint density at radius 1 is 0.966 bits per heavy atom. The fourth-order valence-corrected chi connectivity index (χ4v) is 3.96. The summed E-state index contributed by atoms with van der Waals surface area (Å²) in [5.74, 6) is 0.116. The van der Waals surface area contributed by atoms with Gasteiger partial charge in [-0.1, -0.05) is 48.0 Å². The third-order valence-corrected chi connectivity index (χ3v) is 5.68. The monoisotopic (exact) mass is 405 g/mol. The van der Waals surface area contributed by atoms with Crippen LogP contribution in [0.5, 0.6) is 0 Å². The van der Waals surface area contributed by atoms with Crippen LogP contribution in [-0.2, 0) is 0 Å². The number of nitrogens with one attached hydrogen (secondary N) is 1. The number of carbonyl (C=O) groups excluding carboxylic acids is 1. The van der Waals surface area contributed by atoms with Gasteiger partial charge in [-0.15, -0.1) is 0 Å². The van der Waals surface area contributed by atoms with E-state index in [1.54, 1.807) is 6.20 Å². The van der Waals surface area contributed by atoms with Gasteiger partial charge < -0.3 is 10.2 Å². The number of nitrogens with zero attached hydrogens (tertiary/aromatic N) is 2. The van der Waals surface area contributed by atoms with Gasteiger partial charge in [0, 0.05) is 42.1 Å². The topological polar surface area (TPSA) is 45.2 Å². The molecule has 5 heteroatoms. The Hall–Kier alpha value is -2.69. The van der Waals surface area contributed by atoms with Crippen LogP contribution in [0.1, 0.15) is 40.4 Å². The summed E-state index contributed by atoms with van der Waals surface area (Å²) in [5.41, 5.74) is 3.04. The quantitative estimate of drug-likeness (QED) is 0.668. The number of piperidine rings is 1. The lowest BCUT2D eigenvalue weighted by Crippen LogP contribution is -2.46. The van der Waals surface area contributed by atoms with Gasteiger partial charge in [0.2, 0.25) is 0 Å². The maximum absolute atomic E-state index is 12.7. The first-order chi connectivity index (χ1) is 14.2. The fraction of sp³-hybridized carbons (Fsp3) is 0.250. The molecule has 1 amide bonds. The van der Waals surface area contributed by atoms with E-state index in [0.717, 1.165) is 47.6 Å². The molecule has 4 nitrogen and oxygen atoms in total. The number of rotatable bonds is 5. The number of amides is 1. The molecule has 2 aromatic carbocycles. The van der Waals surface area contributed by atoms with Gasteiger partial charge in [-0.25, -0.2) is 0 Å². The number of aromatic nitrogens is 1. The number of pyridine rings is 1. The second-order valence-corrected chi connectivity index (χ2v) is 7.81. The molecule has 0 radical (unpaired) electrons. The molecule has 148 valence electrons. The van der Waals surface area contributed by atoms with E-state index in [1.807, 2.05) is 59.6 Å². The summed E-state index contributed by atoms with van der Waals surface area (Å²) in [6.07, 6.45) is 5.53. The number of likely N-dealkylation sites (tertiary alicyclic amines) is 1. The molecule has 1 N–H and O–H groups in total. The Morgan fingerprint density at radius 2 is 1.69 bits per heavy atom. The lowest BCUT2D eigenvalue weighted by molar-refractivity contribution is 0.0703. The van der Waals surface area contributed by atoms with Crippen molar-refractivity contribution in [1.82, 2.24) is 15.2 Å². The van der Waals surface area contributed by atoms with E-state index < -0.39 is 0 Å². The second kappa shape index (κ2) is 9.21. The minimum absolute atomic E-state index is 0.0438. The predicted octanol–water partition coefficient (Wildman–Crippen LogP) is 4.72. The molecule has 1 aromatic heterocycles. The highest BCUT2D eigenvalue weighted by atomic mass is 35.5. The molecule has 29 heavy (non-hydrogen) atoms. The molecule has 3 aromatic rings.